The lowest BCUT2D eigenvalue weighted by Gasteiger charge is -2.29. The van der Waals surface area contributed by atoms with Crippen molar-refractivity contribution in [2.45, 2.75) is 40.5 Å². The van der Waals surface area contributed by atoms with Crippen LogP contribution >= 0.6 is 0 Å². The number of rotatable bonds is 10. The van der Waals surface area contributed by atoms with Gasteiger partial charge in [-0.15, -0.1) is 0 Å². The van der Waals surface area contributed by atoms with Crippen molar-refractivity contribution in [2.75, 3.05) is 32.7 Å². The minimum atomic E-state index is -0.859. The highest BCUT2D eigenvalue weighted by atomic mass is 16.4. The van der Waals surface area contributed by atoms with Gasteiger partial charge in [-0.3, -0.25) is 14.5 Å². The molecular formula is C16H30N2O3. The van der Waals surface area contributed by atoms with Crippen LogP contribution in [0.3, 0.4) is 0 Å². The number of hydrogen-bond donors (Lipinski definition) is 1. The van der Waals surface area contributed by atoms with Gasteiger partial charge in [0, 0.05) is 19.6 Å². The first-order chi connectivity index (χ1) is 9.77. The molecule has 5 heteroatoms. The predicted octanol–water partition coefficient (Wildman–Crippen LogP) is 1.92. The Bertz CT molecular complexity index is 341. The lowest BCUT2D eigenvalue weighted by molar-refractivity contribution is -0.140. The van der Waals surface area contributed by atoms with Gasteiger partial charge in [-0.25, -0.2) is 0 Å². The average molecular weight is 298 g/mol. The van der Waals surface area contributed by atoms with Gasteiger partial charge in [0.05, 0.1) is 13.1 Å². The molecule has 0 aromatic rings. The molecule has 1 rings (SSSR count). The molecule has 1 amide bonds. The van der Waals surface area contributed by atoms with Crippen LogP contribution < -0.4 is 0 Å². The SMILES string of the molecule is CC(C)CN(CC(C)C)C(=O)CN(CC(=O)O)CC1CC1. The summed E-state index contributed by atoms with van der Waals surface area (Å²) in [7, 11) is 0. The predicted molar refractivity (Wildman–Crippen MR) is 83.1 cm³/mol. The van der Waals surface area contributed by atoms with Gasteiger partial charge in [-0.1, -0.05) is 27.7 Å². The van der Waals surface area contributed by atoms with Crippen LogP contribution in [0.4, 0.5) is 0 Å². The van der Waals surface area contributed by atoms with Crippen LogP contribution in [0.1, 0.15) is 40.5 Å². The monoisotopic (exact) mass is 298 g/mol. The van der Waals surface area contributed by atoms with E-state index < -0.39 is 5.97 Å². The molecule has 1 saturated carbocycles. The molecule has 0 aliphatic heterocycles. The molecule has 1 aliphatic rings. The molecule has 1 fully saturated rings. The van der Waals surface area contributed by atoms with Crippen molar-refractivity contribution in [1.29, 1.82) is 0 Å². The number of carboxylic acid groups (broad SMARTS) is 1. The van der Waals surface area contributed by atoms with E-state index in [1.54, 1.807) is 4.90 Å². The zero-order chi connectivity index (χ0) is 16.0. The second-order valence-corrected chi connectivity index (χ2v) is 7.09. The number of hydrogen-bond acceptors (Lipinski definition) is 3. The van der Waals surface area contributed by atoms with Crippen molar-refractivity contribution in [3.63, 3.8) is 0 Å². The Morgan fingerprint density at radius 1 is 1.05 bits per heavy atom. The molecule has 1 aliphatic carbocycles. The van der Waals surface area contributed by atoms with E-state index in [9.17, 15) is 9.59 Å². The highest BCUT2D eigenvalue weighted by Gasteiger charge is 2.27. The minimum absolute atomic E-state index is 0.0422. The molecule has 0 spiro atoms. The summed E-state index contributed by atoms with van der Waals surface area (Å²) in [5.74, 6) is 0.621. The van der Waals surface area contributed by atoms with Crippen molar-refractivity contribution in [3.8, 4) is 0 Å². The van der Waals surface area contributed by atoms with Crippen molar-refractivity contribution in [1.82, 2.24) is 9.80 Å². The van der Waals surface area contributed by atoms with Gasteiger partial charge in [-0.2, -0.15) is 0 Å². The van der Waals surface area contributed by atoms with Crippen molar-refractivity contribution < 1.29 is 14.7 Å². The average Bonchev–Trinajstić information content (AvgIpc) is 3.09. The van der Waals surface area contributed by atoms with Gasteiger partial charge in [0.15, 0.2) is 0 Å². The molecule has 0 saturated heterocycles. The lowest BCUT2D eigenvalue weighted by Crippen LogP contribution is -2.45. The summed E-state index contributed by atoms with van der Waals surface area (Å²) in [6, 6.07) is 0. The van der Waals surface area contributed by atoms with Gasteiger partial charge in [-0.05, 0) is 30.6 Å². The molecular weight excluding hydrogens is 268 g/mol. The molecule has 0 radical (unpaired) electrons. The smallest absolute Gasteiger partial charge is 0.317 e. The van der Waals surface area contributed by atoms with Gasteiger partial charge >= 0.3 is 5.97 Å². The third-order valence-electron chi connectivity index (χ3n) is 3.45. The molecule has 0 unspecified atom stereocenters. The first-order valence-electron chi connectivity index (χ1n) is 7.99. The summed E-state index contributed by atoms with van der Waals surface area (Å²) in [6.07, 6.45) is 2.32. The molecule has 0 aromatic heterocycles. The molecule has 0 atom stereocenters. The zero-order valence-electron chi connectivity index (χ0n) is 13.8. The maximum Gasteiger partial charge on any atom is 0.317 e. The number of amides is 1. The largest absolute Gasteiger partial charge is 0.480 e. The molecule has 122 valence electrons. The van der Waals surface area contributed by atoms with E-state index in [4.69, 9.17) is 5.11 Å². The van der Waals surface area contributed by atoms with E-state index in [-0.39, 0.29) is 19.0 Å². The molecule has 21 heavy (non-hydrogen) atoms. The third kappa shape index (κ3) is 8.05. The quantitative estimate of drug-likeness (QED) is 0.669. The van der Waals surface area contributed by atoms with Gasteiger partial charge in [0.2, 0.25) is 5.91 Å². The molecule has 0 aromatic carbocycles. The summed E-state index contributed by atoms with van der Waals surface area (Å²) >= 11 is 0. The molecule has 0 heterocycles. The molecule has 0 bridgehead atoms. The second-order valence-electron chi connectivity index (χ2n) is 7.09. The highest BCUT2D eigenvalue weighted by molar-refractivity contribution is 5.79. The van der Waals surface area contributed by atoms with Crippen LogP contribution in [0.2, 0.25) is 0 Å². The number of aliphatic carboxylic acids is 1. The highest BCUT2D eigenvalue weighted by Crippen LogP contribution is 2.29. The second kappa shape index (κ2) is 8.37. The fourth-order valence-corrected chi connectivity index (χ4v) is 2.49. The first kappa shape index (κ1) is 18.0. The summed E-state index contributed by atoms with van der Waals surface area (Å²) in [5.41, 5.74) is 0. The lowest BCUT2D eigenvalue weighted by atomic mass is 10.1. The Morgan fingerprint density at radius 3 is 1.95 bits per heavy atom. The van der Waals surface area contributed by atoms with Gasteiger partial charge < -0.3 is 10.0 Å². The van der Waals surface area contributed by atoms with E-state index in [2.05, 4.69) is 27.7 Å². The van der Waals surface area contributed by atoms with Crippen LogP contribution in [0.5, 0.6) is 0 Å². The van der Waals surface area contributed by atoms with Crippen molar-refractivity contribution >= 4 is 11.9 Å². The summed E-state index contributed by atoms with van der Waals surface area (Å²) < 4.78 is 0. The topological polar surface area (TPSA) is 60.9 Å². The Labute approximate surface area is 128 Å². The third-order valence-corrected chi connectivity index (χ3v) is 3.45. The van der Waals surface area contributed by atoms with E-state index in [0.717, 1.165) is 32.5 Å². The van der Waals surface area contributed by atoms with E-state index in [0.29, 0.717) is 17.8 Å². The Hall–Kier alpha value is -1.10. The summed E-state index contributed by atoms with van der Waals surface area (Å²) in [4.78, 5) is 27.1. The van der Waals surface area contributed by atoms with Gasteiger partial charge in [0.25, 0.3) is 0 Å². The fourth-order valence-electron chi connectivity index (χ4n) is 2.49. The number of carbonyl (C=O) groups is 2. The fraction of sp³-hybridized carbons (Fsp3) is 0.875. The standard InChI is InChI=1S/C16H30N2O3/c1-12(2)7-18(8-13(3)4)15(19)10-17(11-16(20)21)9-14-5-6-14/h12-14H,5-11H2,1-4H3,(H,20,21). The van der Waals surface area contributed by atoms with Crippen LogP contribution in [0.25, 0.3) is 0 Å². The number of nitrogens with zero attached hydrogens (tertiary/aromatic N) is 2. The Balaban J connectivity index is 2.58. The Morgan fingerprint density at radius 2 is 1.57 bits per heavy atom. The minimum Gasteiger partial charge on any atom is -0.480 e. The van der Waals surface area contributed by atoms with Crippen molar-refractivity contribution in [2.24, 2.45) is 17.8 Å². The van der Waals surface area contributed by atoms with Crippen LogP contribution in [0, 0.1) is 17.8 Å². The summed E-state index contributed by atoms with van der Waals surface area (Å²) in [5, 5.41) is 8.99. The maximum absolute atomic E-state index is 12.5. The number of carboxylic acids is 1. The summed E-state index contributed by atoms with van der Waals surface area (Å²) in [6.45, 7) is 10.8. The first-order valence-corrected chi connectivity index (χ1v) is 7.99. The van der Waals surface area contributed by atoms with Crippen molar-refractivity contribution in [3.05, 3.63) is 0 Å². The van der Waals surface area contributed by atoms with Crippen LogP contribution in [-0.4, -0.2) is 59.5 Å². The van der Waals surface area contributed by atoms with E-state index in [1.807, 2.05) is 4.90 Å². The van der Waals surface area contributed by atoms with Crippen LogP contribution in [-0.2, 0) is 9.59 Å². The normalized spacial score (nSPS) is 15.0. The molecule has 5 nitrogen and oxygen atoms in total. The zero-order valence-corrected chi connectivity index (χ0v) is 13.8. The molecule has 1 N–H and O–H groups in total. The van der Waals surface area contributed by atoms with Crippen LogP contribution in [0.15, 0.2) is 0 Å². The van der Waals surface area contributed by atoms with Gasteiger partial charge in [0.1, 0.15) is 0 Å². The van der Waals surface area contributed by atoms with E-state index in [1.165, 1.54) is 0 Å². The Kier molecular flexibility index (Phi) is 7.15. The van der Waals surface area contributed by atoms with E-state index >= 15 is 0 Å². The number of carbonyl (C=O) groups excluding carboxylic acids is 1. The maximum atomic E-state index is 12.5.